The Bertz CT molecular complexity index is 1520. The molecular formula is C26H18Cl3N3O3. The third-order valence-corrected chi connectivity index (χ3v) is 6.51. The zero-order valence-corrected chi connectivity index (χ0v) is 20.4. The van der Waals surface area contributed by atoms with Crippen LogP contribution in [0, 0.1) is 0 Å². The van der Waals surface area contributed by atoms with Crippen LogP contribution in [-0.4, -0.2) is 18.2 Å². The Morgan fingerprint density at radius 1 is 1.00 bits per heavy atom. The fraction of sp³-hybridized carbons (Fsp3) is 0.115. The molecule has 1 atom stereocenters. The third-order valence-electron chi connectivity index (χ3n) is 5.72. The zero-order chi connectivity index (χ0) is 24.5. The van der Waals surface area contributed by atoms with Crippen molar-refractivity contribution in [2.45, 2.75) is 12.5 Å². The fourth-order valence-corrected chi connectivity index (χ4v) is 4.63. The first-order valence-electron chi connectivity index (χ1n) is 10.8. The van der Waals surface area contributed by atoms with Gasteiger partial charge in [-0.2, -0.15) is 5.10 Å². The summed E-state index contributed by atoms with van der Waals surface area (Å²) in [4.78, 5) is 25.1. The van der Waals surface area contributed by atoms with E-state index in [2.05, 4.69) is 5.32 Å². The molecule has 2 heterocycles. The van der Waals surface area contributed by atoms with Crippen molar-refractivity contribution in [3.8, 4) is 0 Å². The van der Waals surface area contributed by atoms with E-state index in [9.17, 15) is 9.59 Å². The molecule has 1 aromatic heterocycles. The summed E-state index contributed by atoms with van der Waals surface area (Å²) in [7, 11) is 0. The first-order chi connectivity index (χ1) is 16.9. The summed E-state index contributed by atoms with van der Waals surface area (Å²) in [5.41, 5.74) is 2.07. The Morgan fingerprint density at radius 3 is 2.51 bits per heavy atom. The number of benzene rings is 3. The molecule has 4 aromatic rings. The molecule has 0 saturated carbocycles. The normalized spacial score (nSPS) is 15.3. The molecule has 3 aromatic carbocycles. The van der Waals surface area contributed by atoms with Crippen molar-refractivity contribution in [1.29, 1.82) is 0 Å². The summed E-state index contributed by atoms with van der Waals surface area (Å²) in [6.07, 6.45) is 0.535. The van der Waals surface area contributed by atoms with Gasteiger partial charge in [-0.15, -0.1) is 0 Å². The molecule has 0 saturated heterocycles. The highest BCUT2D eigenvalue weighted by Crippen LogP contribution is 2.39. The topological polar surface area (TPSA) is 74.9 Å². The Hall–Kier alpha value is -3.32. The number of hydrazone groups is 1. The number of carbonyl (C=O) groups is 1. The average Bonchev–Trinajstić information content (AvgIpc) is 3.26. The van der Waals surface area contributed by atoms with E-state index in [1.54, 1.807) is 36.4 Å². The molecule has 6 nitrogen and oxygen atoms in total. The molecule has 0 spiro atoms. The number of carbonyl (C=O) groups excluding carboxylic acids is 1. The lowest BCUT2D eigenvalue weighted by Gasteiger charge is -2.25. The summed E-state index contributed by atoms with van der Waals surface area (Å²) in [6, 6.07) is 21.1. The number of nitrogens with zero attached hydrogens (tertiary/aromatic N) is 2. The highest BCUT2D eigenvalue weighted by atomic mass is 35.5. The van der Waals surface area contributed by atoms with Crippen molar-refractivity contribution < 1.29 is 9.21 Å². The van der Waals surface area contributed by atoms with Crippen LogP contribution in [0.25, 0.3) is 11.0 Å². The van der Waals surface area contributed by atoms with E-state index in [1.807, 2.05) is 35.3 Å². The van der Waals surface area contributed by atoms with E-state index >= 15 is 0 Å². The number of nitrogens with one attached hydrogen (secondary N) is 1. The van der Waals surface area contributed by atoms with E-state index in [0.29, 0.717) is 38.1 Å². The van der Waals surface area contributed by atoms with Gasteiger partial charge in [0, 0.05) is 21.9 Å². The number of amides is 1. The van der Waals surface area contributed by atoms with E-state index < -0.39 is 11.5 Å². The summed E-state index contributed by atoms with van der Waals surface area (Å²) in [5, 5.41) is 11.6. The summed E-state index contributed by atoms with van der Waals surface area (Å²) in [6.45, 7) is 0.150. The van der Waals surface area contributed by atoms with Crippen LogP contribution < -0.4 is 16.0 Å². The van der Waals surface area contributed by atoms with Crippen molar-refractivity contribution in [1.82, 2.24) is 5.32 Å². The maximum absolute atomic E-state index is 12.8. The third kappa shape index (κ3) is 4.91. The summed E-state index contributed by atoms with van der Waals surface area (Å²) >= 11 is 18.6. The Morgan fingerprint density at radius 2 is 1.74 bits per heavy atom. The largest absolute Gasteiger partial charge is 0.422 e. The Kier molecular flexibility index (Phi) is 6.52. The van der Waals surface area contributed by atoms with Crippen molar-refractivity contribution >= 4 is 63.1 Å². The maximum Gasteiger partial charge on any atom is 0.349 e. The van der Waals surface area contributed by atoms with Crippen molar-refractivity contribution in [2.24, 2.45) is 5.10 Å². The van der Waals surface area contributed by atoms with E-state index in [-0.39, 0.29) is 18.2 Å². The van der Waals surface area contributed by atoms with Gasteiger partial charge in [-0.3, -0.25) is 9.80 Å². The Balaban J connectivity index is 1.40. The van der Waals surface area contributed by atoms with Gasteiger partial charge in [0.25, 0.3) is 5.91 Å². The van der Waals surface area contributed by atoms with Gasteiger partial charge in [0.15, 0.2) is 0 Å². The van der Waals surface area contributed by atoms with Gasteiger partial charge in [-0.05, 0) is 48.0 Å². The molecule has 1 unspecified atom stereocenters. The molecule has 0 fully saturated rings. The van der Waals surface area contributed by atoms with E-state index in [1.165, 1.54) is 6.07 Å². The predicted octanol–water partition coefficient (Wildman–Crippen LogP) is 6.49. The van der Waals surface area contributed by atoms with Crippen LogP contribution in [0.4, 0.5) is 5.69 Å². The first kappa shape index (κ1) is 23.4. The number of anilines is 1. The van der Waals surface area contributed by atoms with Crippen LogP contribution in [0.5, 0.6) is 0 Å². The van der Waals surface area contributed by atoms with E-state index in [4.69, 9.17) is 44.3 Å². The van der Waals surface area contributed by atoms with Crippen LogP contribution in [-0.2, 0) is 0 Å². The minimum absolute atomic E-state index is 0.0610. The van der Waals surface area contributed by atoms with Gasteiger partial charge in [-0.25, -0.2) is 4.79 Å². The van der Waals surface area contributed by atoms with Gasteiger partial charge >= 0.3 is 5.63 Å². The second-order valence-electron chi connectivity index (χ2n) is 8.05. The summed E-state index contributed by atoms with van der Waals surface area (Å²) in [5.74, 6) is -0.529. The van der Waals surface area contributed by atoms with Crippen molar-refractivity contribution in [3.63, 3.8) is 0 Å². The lowest BCUT2D eigenvalue weighted by Crippen LogP contribution is -2.32. The molecule has 0 aliphatic carbocycles. The number of hydrogen-bond acceptors (Lipinski definition) is 5. The number of hydrogen-bond donors (Lipinski definition) is 1. The van der Waals surface area contributed by atoms with Gasteiger partial charge in [0.1, 0.15) is 11.1 Å². The first-order valence-corrected chi connectivity index (χ1v) is 11.9. The number of halogens is 3. The van der Waals surface area contributed by atoms with Crippen molar-refractivity contribution in [2.75, 3.05) is 11.6 Å². The van der Waals surface area contributed by atoms with Crippen LogP contribution in [0.15, 0.2) is 87.1 Å². The lowest BCUT2D eigenvalue weighted by atomic mass is 10.0. The molecule has 1 aliphatic rings. The molecule has 176 valence electrons. The lowest BCUT2D eigenvalue weighted by molar-refractivity contribution is 0.0955. The molecule has 0 radical (unpaired) electrons. The minimum Gasteiger partial charge on any atom is -0.422 e. The van der Waals surface area contributed by atoms with E-state index in [0.717, 1.165) is 11.3 Å². The van der Waals surface area contributed by atoms with Gasteiger partial charge in [0.2, 0.25) is 0 Å². The van der Waals surface area contributed by atoms with Gasteiger partial charge in [-0.1, -0.05) is 65.1 Å². The molecule has 1 N–H and O–H groups in total. The molecule has 1 aliphatic heterocycles. The maximum atomic E-state index is 12.8. The van der Waals surface area contributed by atoms with Crippen LogP contribution >= 0.6 is 34.8 Å². The van der Waals surface area contributed by atoms with Gasteiger partial charge in [0.05, 0.1) is 29.0 Å². The number of rotatable bonds is 5. The zero-order valence-electron chi connectivity index (χ0n) is 18.2. The highest BCUT2D eigenvalue weighted by molar-refractivity contribution is 6.36. The Labute approximate surface area is 215 Å². The standard InChI is InChI=1S/C26H18Cl3N3O3/c27-17-7-5-15(6-8-17)23-13-19(31-32(23)22-10-9-18(28)12-21(22)29)14-30-25(33)20-11-16-3-1-2-4-24(16)35-26(20)34/h1-12,23H,13-14H2,(H,30,33). The summed E-state index contributed by atoms with van der Waals surface area (Å²) < 4.78 is 5.28. The fourth-order valence-electron chi connectivity index (χ4n) is 4.01. The molecule has 0 bridgehead atoms. The van der Waals surface area contributed by atoms with Crippen LogP contribution in [0.2, 0.25) is 15.1 Å². The molecular weight excluding hydrogens is 509 g/mol. The van der Waals surface area contributed by atoms with Crippen LogP contribution in [0.3, 0.4) is 0 Å². The van der Waals surface area contributed by atoms with Crippen molar-refractivity contribution in [3.05, 3.63) is 109 Å². The smallest absolute Gasteiger partial charge is 0.349 e. The van der Waals surface area contributed by atoms with Gasteiger partial charge < -0.3 is 9.73 Å². The van der Waals surface area contributed by atoms with Crippen LogP contribution in [0.1, 0.15) is 28.4 Å². The molecule has 1 amide bonds. The molecule has 35 heavy (non-hydrogen) atoms. The highest BCUT2D eigenvalue weighted by Gasteiger charge is 2.30. The quantitative estimate of drug-likeness (QED) is 0.302. The average molecular weight is 527 g/mol. The predicted molar refractivity (Wildman–Crippen MR) is 140 cm³/mol. The minimum atomic E-state index is -0.692. The SMILES string of the molecule is O=C(NCC1=NN(c2ccc(Cl)cc2Cl)C(c2ccc(Cl)cc2)C1)c1cc2ccccc2oc1=O. The number of fused-ring (bicyclic) bond motifs is 1. The number of para-hydroxylation sites is 1. The second-order valence-corrected chi connectivity index (χ2v) is 9.33. The molecule has 5 rings (SSSR count). The monoisotopic (exact) mass is 525 g/mol. The molecule has 9 heteroatoms. The second kappa shape index (κ2) is 9.74.